The van der Waals surface area contributed by atoms with E-state index in [2.05, 4.69) is 50.6 Å². The quantitative estimate of drug-likeness (QED) is 0.0364. The molecular formula is C42H32O8S4Sb2. The van der Waals surface area contributed by atoms with Gasteiger partial charge in [-0.25, -0.2) is 0 Å². The van der Waals surface area contributed by atoms with Crippen molar-refractivity contribution in [3.8, 4) is 23.0 Å². The first kappa shape index (κ1) is 43.1. The third kappa shape index (κ3) is 13.6. The summed E-state index contributed by atoms with van der Waals surface area (Å²) < 4.78 is 23.6. The second-order valence-electron chi connectivity index (χ2n) is 10.8. The van der Waals surface area contributed by atoms with Crippen molar-refractivity contribution in [2.75, 3.05) is 0 Å². The summed E-state index contributed by atoms with van der Waals surface area (Å²) in [6, 6.07) is 38.7. The number of esters is 4. The first-order valence-electron chi connectivity index (χ1n) is 16.3. The Hall–Kier alpha value is -4.02. The number of hydrogen-bond acceptors (Lipinski definition) is 12. The van der Waals surface area contributed by atoms with Crippen molar-refractivity contribution < 1.29 is 38.1 Å². The van der Waals surface area contributed by atoms with E-state index in [1.165, 1.54) is 7.02 Å². The Morgan fingerprint density at radius 3 is 0.732 bits per heavy atom. The summed E-state index contributed by atoms with van der Waals surface area (Å²) in [4.78, 5) is 51.1. The summed E-state index contributed by atoms with van der Waals surface area (Å²) in [5.74, 6) is -0.308. The summed E-state index contributed by atoms with van der Waals surface area (Å²) >= 11 is -4.91. The molecule has 8 nitrogen and oxygen atoms in total. The van der Waals surface area contributed by atoms with Gasteiger partial charge in [0.15, 0.2) is 0 Å². The molecular weight excluding hydrogens is 1000 g/mol. The van der Waals surface area contributed by atoms with Gasteiger partial charge in [0.1, 0.15) is 0 Å². The fourth-order valence-electron chi connectivity index (χ4n) is 4.23. The molecule has 0 aliphatic heterocycles. The molecule has 5 aromatic rings. The van der Waals surface area contributed by atoms with Gasteiger partial charge in [-0.1, -0.05) is 0 Å². The van der Waals surface area contributed by atoms with E-state index >= 15 is 0 Å². The van der Waals surface area contributed by atoms with Crippen molar-refractivity contribution in [3.05, 3.63) is 172 Å². The third-order valence-corrected chi connectivity index (χ3v) is 38.1. The van der Waals surface area contributed by atoms with Gasteiger partial charge in [-0.15, -0.1) is 0 Å². The number of rotatable bonds is 18. The zero-order chi connectivity index (χ0) is 39.9. The first-order chi connectivity index (χ1) is 27.1. The Morgan fingerprint density at radius 2 is 0.554 bits per heavy atom. The molecule has 282 valence electrons. The standard InChI is InChI=1S/4C9H8O2S.C6H4.2Sb/c4*1-2-9(10)11-7-3-5-8(12)6-4-7;1-2-4-6-5-3-1;;/h4*2-6,12H,1H2;1-2,5-6H;;/q;;;;;2*+2/p-4. The molecule has 0 unspecified atom stereocenters. The van der Waals surface area contributed by atoms with E-state index in [4.69, 9.17) is 18.9 Å². The summed E-state index contributed by atoms with van der Waals surface area (Å²) in [5, 5.41) is 0. The van der Waals surface area contributed by atoms with Crippen molar-refractivity contribution in [1.29, 1.82) is 0 Å². The third-order valence-electron chi connectivity index (χ3n) is 6.86. The molecule has 0 atom stereocenters. The molecule has 0 amide bonds. The van der Waals surface area contributed by atoms with Crippen molar-refractivity contribution in [3.63, 3.8) is 0 Å². The molecule has 0 saturated carbocycles. The zero-order valence-electron chi connectivity index (χ0n) is 29.5. The molecule has 56 heavy (non-hydrogen) atoms. The summed E-state index contributed by atoms with van der Waals surface area (Å²) in [6.45, 7) is 13.8. The van der Waals surface area contributed by atoms with Gasteiger partial charge >= 0.3 is 354 Å². The van der Waals surface area contributed by atoms with E-state index in [1.807, 2.05) is 83.9 Å². The average Bonchev–Trinajstić information content (AvgIpc) is 3.22. The monoisotopic (exact) mass is 1030 g/mol. The molecule has 0 fully saturated rings. The maximum atomic E-state index is 11.7. The average molecular weight is 1040 g/mol. The Bertz CT molecular complexity index is 1900. The van der Waals surface area contributed by atoms with Crippen LogP contribution in [-0.4, -0.2) is 58.7 Å². The minimum absolute atomic E-state index is 0.442. The number of benzene rings is 5. The first-order valence-corrected chi connectivity index (χ1v) is 34.5. The molecule has 0 spiro atoms. The van der Waals surface area contributed by atoms with Gasteiger partial charge in [0.25, 0.3) is 0 Å². The van der Waals surface area contributed by atoms with Crippen LogP contribution in [0.3, 0.4) is 0 Å². The molecule has 5 aromatic carbocycles. The van der Waals surface area contributed by atoms with Crippen LogP contribution in [0.2, 0.25) is 0 Å². The molecule has 0 N–H and O–H groups in total. The van der Waals surface area contributed by atoms with Crippen LogP contribution in [0.25, 0.3) is 0 Å². The van der Waals surface area contributed by atoms with Gasteiger partial charge < -0.3 is 0 Å². The topological polar surface area (TPSA) is 105 Å². The van der Waals surface area contributed by atoms with Crippen molar-refractivity contribution in [1.82, 2.24) is 0 Å². The van der Waals surface area contributed by atoms with Crippen LogP contribution < -0.4 is 26.0 Å². The number of ether oxygens (including phenoxy) is 4. The van der Waals surface area contributed by atoms with Crippen LogP contribution in [0, 0.1) is 0 Å². The normalized spacial score (nSPS) is 10.6. The zero-order valence-corrected chi connectivity index (χ0v) is 37.8. The van der Waals surface area contributed by atoms with Gasteiger partial charge in [-0.2, -0.15) is 0 Å². The van der Waals surface area contributed by atoms with Gasteiger partial charge in [0, 0.05) is 0 Å². The number of hydrogen-bond donors (Lipinski definition) is 0. The number of carbonyl (C=O) groups is 4. The van der Waals surface area contributed by atoms with Gasteiger partial charge in [-0.3, -0.25) is 0 Å². The molecule has 0 bridgehead atoms. The summed E-state index contributed by atoms with van der Waals surface area (Å²) in [6.07, 6.45) is 4.51. The van der Waals surface area contributed by atoms with Crippen LogP contribution in [0.1, 0.15) is 0 Å². The van der Waals surface area contributed by atoms with Crippen LogP contribution in [0.5, 0.6) is 23.0 Å². The molecule has 14 heteroatoms. The molecule has 0 aliphatic carbocycles. The van der Waals surface area contributed by atoms with Gasteiger partial charge in [-0.05, 0) is 0 Å². The molecule has 0 heterocycles. The SMILES string of the molecule is C=CC(=O)Oc1ccc([S][Sb]([S]c2ccc(OC(=O)C=C)cc2)[c]2cc[c]([Sb]([S]c3ccc(OC(=O)C=C)cc3)[S]c3ccc(OC(=O)C=C)cc3)cc2)cc1. The van der Waals surface area contributed by atoms with Crippen LogP contribution in [0.15, 0.2) is 192 Å². The maximum absolute atomic E-state index is 11.7. The molecule has 5 rings (SSSR count). The minimum atomic E-state index is -2.45. The Morgan fingerprint density at radius 1 is 0.357 bits per heavy atom. The van der Waals surface area contributed by atoms with E-state index in [1.54, 1.807) is 48.5 Å². The summed E-state index contributed by atoms with van der Waals surface area (Å²) in [5.41, 5.74) is 0. The van der Waals surface area contributed by atoms with E-state index < -0.39 is 58.7 Å². The second kappa shape index (κ2) is 22.1. The molecule has 0 aromatic heterocycles. The fourth-order valence-corrected chi connectivity index (χ4v) is 35.4. The second-order valence-corrected chi connectivity index (χ2v) is 38.4. The van der Waals surface area contributed by atoms with E-state index in [0.29, 0.717) is 23.0 Å². The van der Waals surface area contributed by atoms with Gasteiger partial charge in [0.05, 0.1) is 0 Å². The van der Waals surface area contributed by atoms with E-state index in [0.717, 1.165) is 43.9 Å². The van der Waals surface area contributed by atoms with Crippen molar-refractivity contribution in [2.24, 2.45) is 0 Å². The molecule has 0 saturated heterocycles. The Kier molecular flexibility index (Phi) is 17.0. The molecule has 0 aliphatic rings. The number of carbonyl (C=O) groups excluding carboxylic acids is 4. The van der Waals surface area contributed by atoms with Gasteiger partial charge in [0.2, 0.25) is 0 Å². The summed E-state index contributed by atoms with van der Waals surface area (Å²) in [7, 11) is 7.32. The van der Waals surface area contributed by atoms with Crippen LogP contribution in [-0.2, 0) is 19.2 Å². The van der Waals surface area contributed by atoms with Crippen molar-refractivity contribution in [2.45, 2.75) is 19.6 Å². The van der Waals surface area contributed by atoms with Crippen LogP contribution >= 0.6 is 35.4 Å². The van der Waals surface area contributed by atoms with Crippen LogP contribution in [0.4, 0.5) is 0 Å². The Labute approximate surface area is 350 Å². The van der Waals surface area contributed by atoms with Crippen molar-refractivity contribution >= 4 is 101 Å². The van der Waals surface area contributed by atoms with E-state index in [-0.39, 0.29) is 0 Å². The molecule has 0 radical (unpaired) electrons. The predicted molar refractivity (Wildman–Crippen MR) is 230 cm³/mol. The fraction of sp³-hybridized carbons (Fsp3) is 0. The Balaban J connectivity index is 1.42. The predicted octanol–water partition coefficient (Wildman–Crippen LogP) is 8.61. The van der Waals surface area contributed by atoms with E-state index in [9.17, 15) is 19.2 Å².